The molecule has 1 aliphatic heterocycles. The minimum absolute atomic E-state index is 0.303. The number of nitrogens with zero attached hydrogens (tertiary/aromatic N) is 2. The molecule has 1 N–H and O–H groups in total. The minimum Gasteiger partial charge on any atom is -0.370 e. The Morgan fingerprint density at radius 2 is 1.90 bits per heavy atom. The van der Waals surface area contributed by atoms with Crippen molar-refractivity contribution in [1.29, 1.82) is 0 Å². The maximum atomic E-state index is 13.3. The van der Waals surface area contributed by atoms with E-state index in [1.54, 1.807) is 19.2 Å². The maximum absolute atomic E-state index is 13.3. The van der Waals surface area contributed by atoms with E-state index in [0.717, 1.165) is 19.5 Å². The fourth-order valence-corrected chi connectivity index (χ4v) is 2.69. The summed E-state index contributed by atoms with van der Waals surface area (Å²) in [5.41, 5.74) is 0.429. The first kappa shape index (κ1) is 16.1. The van der Waals surface area contributed by atoms with Gasteiger partial charge in [0.1, 0.15) is 0 Å². The number of nitrogens with one attached hydrogen (secondary N) is 1. The molecule has 118 valence electrons. The van der Waals surface area contributed by atoms with Gasteiger partial charge >= 0.3 is 6.18 Å². The minimum atomic E-state index is -4.32. The molecule has 0 atom stereocenters. The molecule has 3 nitrogen and oxygen atoms in total. The fourth-order valence-electron chi connectivity index (χ4n) is 2.69. The van der Waals surface area contributed by atoms with E-state index in [4.69, 9.17) is 0 Å². The smallest absolute Gasteiger partial charge is 0.370 e. The molecular formula is C15H22F3N3. The molecule has 1 heterocycles. The Kier molecular flexibility index (Phi) is 5.11. The summed E-state index contributed by atoms with van der Waals surface area (Å²) in [6.45, 7) is 3.45. The maximum Gasteiger partial charge on any atom is 0.418 e. The van der Waals surface area contributed by atoms with Gasteiger partial charge in [0, 0.05) is 31.9 Å². The fraction of sp³-hybridized carbons (Fsp3) is 0.600. The van der Waals surface area contributed by atoms with E-state index in [1.807, 2.05) is 11.9 Å². The van der Waals surface area contributed by atoms with Gasteiger partial charge in [0.15, 0.2) is 0 Å². The lowest BCUT2D eigenvalue weighted by Gasteiger charge is -2.27. The molecule has 0 spiro atoms. The molecule has 0 aromatic heterocycles. The van der Waals surface area contributed by atoms with Crippen LogP contribution >= 0.6 is 0 Å². The van der Waals surface area contributed by atoms with Gasteiger partial charge in [-0.15, -0.1) is 0 Å². The van der Waals surface area contributed by atoms with Gasteiger partial charge in [-0.1, -0.05) is 6.07 Å². The summed E-state index contributed by atoms with van der Waals surface area (Å²) in [6, 6.07) is 4.65. The summed E-state index contributed by atoms with van der Waals surface area (Å²) < 4.78 is 40.0. The number of anilines is 1. The van der Waals surface area contributed by atoms with Crippen LogP contribution in [0.2, 0.25) is 0 Å². The molecular weight excluding hydrogens is 279 g/mol. The summed E-state index contributed by atoms with van der Waals surface area (Å²) >= 11 is 0. The highest BCUT2D eigenvalue weighted by Crippen LogP contribution is 2.37. The van der Waals surface area contributed by atoms with Crippen LogP contribution in [0.3, 0.4) is 0 Å². The number of benzene rings is 1. The summed E-state index contributed by atoms with van der Waals surface area (Å²) in [5.74, 6) is 0. The van der Waals surface area contributed by atoms with Crippen LogP contribution in [0.1, 0.15) is 17.5 Å². The van der Waals surface area contributed by atoms with E-state index in [0.29, 0.717) is 30.9 Å². The molecule has 1 fully saturated rings. The predicted octanol–water partition coefficient (Wildman–Crippen LogP) is 2.57. The van der Waals surface area contributed by atoms with Crippen molar-refractivity contribution in [2.45, 2.75) is 19.1 Å². The van der Waals surface area contributed by atoms with Gasteiger partial charge in [0.25, 0.3) is 0 Å². The molecule has 0 amide bonds. The highest BCUT2D eigenvalue weighted by molar-refractivity contribution is 5.56. The van der Waals surface area contributed by atoms with Gasteiger partial charge in [-0.05, 0) is 44.8 Å². The molecule has 1 aromatic carbocycles. The summed E-state index contributed by atoms with van der Waals surface area (Å²) in [4.78, 5) is 4.01. The van der Waals surface area contributed by atoms with Gasteiger partial charge in [-0.3, -0.25) is 0 Å². The molecule has 6 heteroatoms. The van der Waals surface area contributed by atoms with Crippen molar-refractivity contribution in [3.05, 3.63) is 29.3 Å². The first-order valence-corrected chi connectivity index (χ1v) is 7.20. The van der Waals surface area contributed by atoms with Crippen molar-refractivity contribution in [1.82, 2.24) is 10.2 Å². The quantitative estimate of drug-likeness (QED) is 0.926. The van der Waals surface area contributed by atoms with E-state index in [1.165, 1.54) is 6.07 Å². The third kappa shape index (κ3) is 4.11. The Morgan fingerprint density at radius 3 is 2.57 bits per heavy atom. The third-order valence-electron chi connectivity index (χ3n) is 3.81. The highest BCUT2D eigenvalue weighted by Gasteiger charge is 2.35. The van der Waals surface area contributed by atoms with E-state index < -0.39 is 11.7 Å². The van der Waals surface area contributed by atoms with Crippen LogP contribution in [-0.2, 0) is 12.7 Å². The van der Waals surface area contributed by atoms with Crippen LogP contribution in [0.25, 0.3) is 0 Å². The van der Waals surface area contributed by atoms with E-state index >= 15 is 0 Å². The number of hydrogen-bond donors (Lipinski definition) is 1. The highest BCUT2D eigenvalue weighted by atomic mass is 19.4. The van der Waals surface area contributed by atoms with Crippen LogP contribution < -0.4 is 10.2 Å². The van der Waals surface area contributed by atoms with E-state index in [2.05, 4.69) is 10.2 Å². The van der Waals surface area contributed by atoms with Crippen molar-refractivity contribution in [2.75, 3.05) is 45.2 Å². The molecule has 21 heavy (non-hydrogen) atoms. The first-order valence-electron chi connectivity index (χ1n) is 7.20. The van der Waals surface area contributed by atoms with Crippen LogP contribution in [0.5, 0.6) is 0 Å². The van der Waals surface area contributed by atoms with Crippen LogP contribution in [-0.4, -0.2) is 45.2 Å². The number of likely N-dealkylation sites (N-methyl/N-ethyl adjacent to an activating group) is 1. The third-order valence-corrected chi connectivity index (χ3v) is 3.81. The molecule has 1 aliphatic rings. The number of halogens is 3. The molecule has 0 unspecified atom stereocenters. The zero-order chi connectivity index (χ0) is 15.5. The summed E-state index contributed by atoms with van der Waals surface area (Å²) in [6.07, 6.45) is -3.44. The van der Waals surface area contributed by atoms with Gasteiger partial charge < -0.3 is 15.1 Å². The van der Waals surface area contributed by atoms with Crippen molar-refractivity contribution >= 4 is 5.69 Å². The number of rotatable bonds is 3. The van der Waals surface area contributed by atoms with Gasteiger partial charge in [-0.25, -0.2) is 0 Å². The summed E-state index contributed by atoms with van der Waals surface area (Å²) in [7, 11) is 3.73. The van der Waals surface area contributed by atoms with Crippen LogP contribution in [0.15, 0.2) is 18.2 Å². The normalized spacial score (nSPS) is 17.9. The van der Waals surface area contributed by atoms with Gasteiger partial charge in [0.2, 0.25) is 0 Å². The molecule has 0 aliphatic carbocycles. The van der Waals surface area contributed by atoms with E-state index in [9.17, 15) is 13.2 Å². The molecule has 0 bridgehead atoms. The van der Waals surface area contributed by atoms with E-state index in [-0.39, 0.29) is 0 Å². The van der Waals surface area contributed by atoms with Crippen molar-refractivity contribution in [3.8, 4) is 0 Å². The lowest BCUT2D eigenvalue weighted by Crippen LogP contribution is -2.30. The van der Waals surface area contributed by atoms with Crippen LogP contribution in [0.4, 0.5) is 18.9 Å². The second-order valence-electron chi connectivity index (χ2n) is 5.52. The van der Waals surface area contributed by atoms with Gasteiger partial charge in [0.05, 0.1) is 5.56 Å². The monoisotopic (exact) mass is 301 g/mol. The van der Waals surface area contributed by atoms with Crippen LogP contribution in [0, 0.1) is 0 Å². The van der Waals surface area contributed by atoms with Crippen molar-refractivity contribution in [3.63, 3.8) is 0 Å². The molecule has 2 rings (SSSR count). The Bertz CT molecular complexity index is 474. The number of alkyl halides is 3. The zero-order valence-electron chi connectivity index (χ0n) is 12.5. The lowest BCUT2D eigenvalue weighted by molar-refractivity contribution is -0.137. The lowest BCUT2D eigenvalue weighted by atomic mass is 10.1. The Balaban J connectivity index is 2.33. The number of hydrogen-bond acceptors (Lipinski definition) is 3. The molecule has 0 radical (unpaired) electrons. The Labute approximate surface area is 123 Å². The first-order chi connectivity index (χ1) is 9.91. The topological polar surface area (TPSA) is 18.5 Å². The van der Waals surface area contributed by atoms with Gasteiger partial charge in [-0.2, -0.15) is 13.2 Å². The predicted molar refractivity (Wildman–Crippen MR) is 78.5 cm³/mol. The second-order valence-corrected chi connectivity index (χ2v) is 5.52. The standard InChI is InChI=1S/C15H22F3N3/c1-19-11-12-4-5-14(13(10-12)15(16,17)18)21-7-3-6-20(2)8-9-21/h4-5,10,19H,3,6-9,11H2,1-2H3. The molecule has 1 saturated heterocycles. The average Bonchev–Trinajstić information content (AvgIpc) is 2.63. The molecule has 1 aromatic rings. The average molecular weight is 301 g/mol. The Morgan fingerprint density at radius 1 is 1.14 bits per heavy atom. The Hall–Kier alpha value is -1.27. The summed E-state index contributed by atoms with van der Waals surface area (Å²) in [5, 5.41) is 2.89. The zero-order valence-corrected chi connectivity index (χ0v) is 12.5. The van der Waals surface area contributed by atoms with Crippen molar-refractivity contribution < 1.29 is 13.2 Å². The largest absolute Gasteiger partial charge is 0.418 e. The second kappa shape index (κ2) is 6.66. The van der Waals surface area contributed by atoms with Crippen molar-refractivity contribution in [2.24, 2.45) is 0 Å². The SMILES string of the molecule is CNCc1ccc(N2CCCN(C)CC2)c(C(F)(F)F)c1. The molecule has 0 saturated carbocycles.